The van der Waals surface area contributed by atoms with E-state index in [4.69, 9.17) is 9.47 Å². The van der Waals surface area contributed by atoms with Gasteiger partial charge in [0.15, 0.2) is 0 Å². The fraction of sp³-hybridized carbons (Fsp3) is 0.333. The quantitative estimate of drug-likeness (QED) is 0.421. The van der Waals surface area contributed by atoms with Crippen molar-refractivity contribution in [2.45, 2.75) is 25.9 Å². The van der Waals surface area contributed by atoms with Gasteiger partial charge >= 0.3 is 0 Å². The molecule has 0 aliphatic rings. The summed E-state index contributed by atoms with van der Waals surface area (Å²) in [5.74, 6) is 0.827. The predicted molar refractivity (Wildman–Crippen MR) is 106 cm³/mol. The molecule has 1 aromatic heterocycles. The van der Waals surface area contributed by atoms with Crippen molar-refractivity contribution in [3.05, 3.63) is 48.0 Å². The van der Waals surface area contributed by atoms with E-state index in [9.17, 15) is 4.79 Å². The van der Waals surface area contributed by atoms with Crippen LogP contribution in [-0.4, -0.2) is 36.9 Å². The number of nitrogens with one attached hydrogen (secondary N) is 2. The lowest BCUT2D eigenvalue weighted by Crippen LogP contribution is -2.11. The molecule has 27 heavy (non-hydrogen) atoms. The molecular weight excluding hydrogens is 342 g/mol. The number of rotatable bonds is 10. The molecule has 0 saturated heterocycles. The summed E-state index contributed by atoms with van der Waals surface area (Å²) in [4.78, 5) is 10.7. The summed E-state index contributed by atoms with van der Waals surface area (Å²) in [6.07, 6.45) is 1.41. The van der Waals surface area contributed by atoms with Crippen LogP contribution in [0.4, 0.5) is 0 Å². The van der Waals surface area contributed by atoms with Crippen LogP contribution >= 0.6 is 0 Å². The summed E-state index contributed by atoms with van der Waals surface area (Å²) in [5.41, 5.74) is 3.74. The number of carbonyl (C=O) groups is 1. The second kappa shape index (κ2) is 9.19. The summed E-state index contributed by atoms with van der Waals surface area (Å²) in [5, 5.41) is 11.7. The Morgan fingerprint density at radius 1 is 1.26 bits per heavy atom. The van der Waals surface area contributed by atoms with E-state index in [2.05, 4.69) is 15.5 Å². The number of fused-ring (bicyclic) bond motifs is 1. The number of hydrogen-bond acceptors (Lipinski definition) is 5. The first-order valence-electron chi connectivity index (χ1n) is 9.21. The molecule has 142 valence electrons. The Kier molecular flexibility index (Phi) is 6.44. The van der Waals surface area contributed by atoms with Crippen molar-refractivity contribution in [3.8, 4) is 17.0 Å². The molecule has 6 nitrogen and oxygen atoms in total. The minimum atomic E-state index is -0.251. The molecule has 0 aliphatic carbocycles. The van der Waals surface area contributed by atoms with Crippen LogP contribution in [0.2, 0.25) is 0 Å². The highest BCUT2D eigenvalue weighted by atomic mass is 16.5. The van der Waals surface area contributed by atoms with Crippen molar-refractivity contribution < 1.29 is 14.3 Å². The normalized spacial score (nSPS) is 12.1. The maximum Gasteiger partial charge on any atom is 0.293 e. The molecule has 1 unspecified atom stereocenters. The molecule has 1 heterocycles. The van der Waals surface area contributed by atoms with E-state index in [1.165, 1.54) is 0 Å². The Morgan fingerprint density at radius 2 is 2.15 bits per heavy atom. The molecule has 0 bridgehead atoms. The van der Waals surface area contributed by atoms with Gasteiger partial charge in [0.2, 0.25) is 0 Å². The molecule has 2 N–H and O–H groups in total. The number of carbonyl (C=O) groups excluding carboxylic acids is 1. The molecule has 0 fully saturated rings. The van der Waals surface area contributed by atoms with Crippen LogP contribution in [0.3, 0.4) is 0 Å². The minimum Gasteiger partial charge on any atom is -0.494 e. The third-order valence-corrected chi connectivity index (χ3v) is 4.50. The number of benzene rings is 2. The first-order valence-corrected chi connectivity index (χ1v) is 9.21. The Labute approximate surface area is 158 Å². The molecule has 6 heteroatoms. The fourth-order valence-corrected chi connectivity index (χ4v) is 3.11. The number of aromatic nitrogens is 2. The van der Waals surface area contributed by atoms with E-state index < -0.39 is 0 Å². The van der Waals surface area contributed by atoms with Crippen LogP contribution in [0.1, 0.15) is 31.4 Å². The van der Waals surface area contributed by atoms with E-state index in [0.29, 0.717) is 19.5 Å². The van der Waals surface area contributed by atoms with Gasteiger partial charge < -0.3 is 14.8 Å². The third-order valence-electron chi connectivity index (χ3n) is 4.50. The number of ether oxygens (including phenoxy) is 2. The number of nitrogens with zero attached hydrogens (tertiary/aromatic N) is 1. The Hall–Kier alpha value is -2.86. The lowest BCUT2D eigenvalue weighted by Gasteiger charge is -2.14. The smallest absolute Gasteiger partial charge is 0.293 e. The van der Waals surface area contributed by atoms with Crippen molar-refractivity contribution in [3.63, 3.8) is 0 Å². The standard InChI is InChI=1S/C21H25N3O3/c1-3-20(27-14-25)15-6-4-7-16(12-15)21-18-13-17(26-11-5-10-22-2)8-9-19(18)23-24-21/h4,6-9,12-14,20,22H,3,5,10-11H2,1-2H3,(H,23,24). The first kappa shape index (κ1) is 18.9. The van der Waals surface area contributed by atoms with Crippen LogP contribution in [0, 0.1) is 0 Å². The molecular formula is C21H25N3O3. The SMILES string of the molecule is CCC(OC=O)c1cccc(-c2n[nH]c3ccc(OCCCNC)cc23)c1. The summed E-state index contributed by atoms with van der Waals surface area (Å²) in [6.45, 7) is 4.08. The monoisotopic (exact) mass is 367 g/mol. The van der Waals surface area contributed by atoms with Crippen LogP contribution in [0.15, 0.2) is 42.5 Å². The average molecular weight is 367 g/mol. The van der Waals surface area contributed by atoms with E-state index in [1.807, 2.05) is 56.4 Å². The second-order valence-electron chi connectivity index (χ2n) is 6.34. The Bertz CT molecular complexity index is 891. The second-order valence-corrected chi connectivity index (χ2v) is 6.34. The van der Waals surface area contributed by atoms with Crippen LogP contribution < -0.4 is 10.1 Å². The molecule has 0 amide bonds. The zero-order valence-electron chi connectivity index (χ0n) is 15.7. The molecule has 0 saturated carbocycles. The van der Waals surface area contributed by atoms with Gasteiger partial charge in [-0.3, -0.25) is 9.89 Å². The zero-order chi connectivity index (χ0) is 19.1. The van der Waals surface area contributed by atoms with Crippen molar-refractivity contribution in [2.75, 3.05) is 20.2 Å². The lowest BCUT2D eigenvalue weighted by molar-refractivity contribution is -0.134. The van der Waals surface area contributed by atoms with Gasteiger partial charge in [-0.15, -0.1) is 0 Å². The van der Waals surface area contributed by atoms with Crippen molar-refractivity contribution in [2.24, 2.45) is 0 Å². The van der Waals surface area contributed by atoms with Crippen LogP contribution in [-0.2, 0) is 9.53 Å². The summed E-state index contributed by atoms with van der Waals surface area (Å²) in [6, 6.07) is 13.9. The average Bonchev–Trinajstić information content (AvgIpc) is 3.13. The maximum atomic E-state index is 10.7. The van der Waals surface area contributed by atoms with E-state index >= 15 is 0 Å². The lowest BCUT2D eigenvalue weighted by atomic mass is 10.0. The van der Waals surface area contributed by atoms with E-state index in [1.54, 1.807) is 0 Å². The van der Waals surface area contributed by atoms with Crippen LogP contribution in [0.25, 0.3) is 22.2 Å². The van der Waals surface area contributed by atoms with Gasteiger partial charge in [0.05, 0.1) is 12.1 Å². The largest absolute Gasteiger partial charge is 0.494 e. The topological polar surface area (TPSA) is 76.2 Å². The Morgan fingerprint density at radius 3 is 2.93 bits per heavy atom. The van der Waals surface area contributed by atoms with Gasteiger partial charge in [0, 0.05) is 10.9 Å². The maximum absolute atomic E-state index is 10.7. The van der Waals surface area contributed by atoms with Gasteiger partial charge in [-0.1, -0.05) is 25.1 Å². The van der Waals surface area contributed by atoms with Gasteiger partial charge in [-0.25, -0.2) is 0 Å². The first-order chi connectivity index (χ1) is 13.3. The molecule has 0 radical (unpaired) electrons. The van der Waals surface area contributed by atoms with Gasteiger partial charge in [0.25, 0.3) is 6.47 Å². The molecule has 0 spiro atoms. The molecule has 3 aromatic rings. The van der Waals surface area contributed by atoms with Crippen molar-refractivity contribution in [1.82, 2.24) is 15.5 Å². The number of aromatic amines is 1. The Balaban J connectivity index is 1.89. The van der Waals surface area contributed by atoms with Gasteiger partial charge in [0.1, 0.15) is 17.5 Å². The fourth-order valence-electron chi connectivity index (χ4n) is 3.11. The zero-order valence-corrected chi connectivity index (χ0v) is 15.7. The minimum absolute atomic E-state index is 0.251. The van der Waals surface area contributed by atoms with E-state index in [-0.39, 0.29) is 6.10 Å². The van der Waals surface area contributed by atoms with Crippen molar-refractivity contribution in [1.29, 1.82) is 0 Å². The highest BCUT2D eigenvalue weighted by Gasteiger charge is 2.14. The molecule has 2 aromatic carbocycles. The van der Waals surface area contributed by atoms with Gasteiger partial charge in [-0.2, -0.15) is 5.10 Å². The summed E-state index contributed by atoms with van der Waals surface area (Å²) >= 11 is 0. The molecule has 1 atom stereocenters. The number of H-pyrrole nitrogens is 1. The third kappa shape index (κ3) is 4.46. The predicted octanol–water partition coefficient (Wildman–Crippen LogP) is 3.84. The molecule has 0 aliphatic heterocycles. The van der Waals surface area contributed by atoms with Crippen LogP contribution in [0.5, 0.6) is 5.75 Å². The highest BCUT2D eigenvalue weighted by Crippen LogP contribution is 2.31. The number of hydrogen-bond donors (Lipinski definition) is 2. The summed E-state index contributed by atoms with van der Waals surface area (Å²) < 4.78 is 11.0. The highest BCUT2D eigenvalue weighted by molar-refractivity contribution is 5.93. The van der Waals surface area contributed by atoms with Crippen molar-refractivity contribution >= 4 is 17.4 Å². The molecule has 3 rings (SSSR count). The van der Waals surface area contributed by atoms with Gasteiger partial charge in [-0.05, 0) is 56.3 Å². The summed E-state index contributed by atoms with van der Waals surface area (Å²) in [7, 11) is 1.93. The van der Waals surface area contributed by atoms with E-state index in [0.717, 1.165) is 46.4 Å².